The topological polar surface area (TPSA) is 90.0 Å². The molecule has 1 aromatic heterocycles. The summed E-state index contributed by atoms with van der Waals surface area (Å²) in [5, 5.41) is 7.77. The fraction of sp³-hybridized carbons (Fsp3) is 0.0800. The summed E-state index contributed by atoms with van der Waals surface area (Å²) < 4.78 is 1.82. The standard InChI is InChI=1S/C25H22N4O2S/c26-23(30)17-32-22-14-8-7-13-21(22)25(31)27-15-19-16-29(20-11-5-2-6-12-20)28-24(19)18-9-3-1-4-10-18/h1-14,16H,15,17H2,(H2,26,30)(H,27,31). The highest BCUT2D eigenvalue weighted by Crippen LogP contribution is 2.25. The first-order chi connectivity index (χ1) is 15.6. The molecule has 0 saturated carbocycles. The minimum Gasteiger partial charge on any atom is -0.369 e. The number of rotatable bonds is 8. The molecule has 0 bridgehead atoms. The van der Waals surface area contributed by atoms with Crippen molar-refractivity contribution in [2.45, 2.75) is 11.4 Å². The lowest BCUT2D eigenvalue weighted by Crippen LogP contribution is -2.23. The lowest BCUT2D eigenvalue weighted by molar-refractivity contribution is -0.115. The summed E-state index contributed by atoms with van der Waals surface area (Å²) in [5.74, 6) is -0.526. The Morgan fingerprint density at radius 3 is 2.28 bits per heavy atom. The Bertz CT molecular complexity index is 1220. The van der Waals surface area contributed by atoms with Crippen LogP contribution in [0.3, 0.4) is 0 Å². The van der Waals surface area contributed by atoms with Gasteiger partial charge in [-0.15, -0.1) is 11.8 Å². The van der Waals surface area contributed by atoms with Crippen LogP contribution in [0.5, 0.6) is 0 Å². The van der Waals surface area contributed by atoms with Gasteiger partial charge < -0.3 is 11.1 Å². The Labute approximate surface area is 190 Å². The summed E-state index contributed by atoms with van der Waals surface area (Å²) in [6, 6.07) is 26.9. The highest BCUT2D eigenvalue weighted by atomic mass is 32.2. The molecule has 4 aromatic rings. The van der Waals surface area contributed by atoms with E-state index in [1.165, 1.54) is 11.8 Å². The van der Waals surface area contributed by atoms with Gasteiger partial charge in [0, 0.05) is 28.8 Å². The lowest BCUT2D eigenvalue weighted by atomic mass is 10.1. The van der Waals surface area contributed by atoms with Crippen LogP contribution in [0.2, 0.25) is 0 Å². The minimum atomic E-state index is -0.425. The Balaban J connectivity index is 1.59. The normalized spacial score (nSPS) is 10.6. The zero-order valence-corrected chi connectivity index (χ0v) is 18.1. The number of amides is 2. The smallest absolute Gasteiger partial charge is 0.252 e. The highest BCUT2D eigenvalue weighted by molar-refractivity contribution is 8.00. The van der Waals surface area contributed by atoms with E-state index in [9.17, 15) is 9.59 Å². The number of aromatic nitrogens is 2. The van der Waals surface area contributed by atoms with E-state index in [4.69, 9.17) is 10.8 Å². The van der Waals surface area contributed by atoms with Crippen molar-refractivity contribution in [1.82, 2.24) is 15.1 Å². The first-order valence-electron chi connectivity index (χ1n) is 10.1. The molecule has 0 atom stereocenters. The van der Waals surface area contributed by atoms with Crippen LogP contribution in [0.4, 0.5) is 0 Å². The van der Waals surface area contributed by atoms with E-state index >= 15 is 0 Å². The van der Waals surface area contributed by atoms with Crippen LogP contribution in [-0.2, 0) is 11.3 Å². The maximum atomic E-state index is 12.9. The molecule has 3 N–H and O–H groups in total. The second-order valence-corrected chi connectivity index (χ2v) is 8.10. The van der Waals surface area contributed by atoms with Gasteiger partial charge in [0.2, 0.25) is 5.91 Å². The van der Waals surface area contributed by atoms with Crippen molar-refractivity contribution in [3.63, 3.8) is 0 Å². The van der Waals surface area contributed by atoms with E-state index in [2.05, 4.69) is 5.32 Å². The van der Waals surface area contributed by atoms with Crippen molar-refractivity contribution in [3.8, 4) is 16.9 Å². The van der Waals surface area contributed by atoms with E-state index in [1.807, 2.05) is 83.7 Å². The zero-order valence-electron chi connectivity index (χ0n) is 17.3. The number of carbonyl (C=O) groups is 2. The van der Waals surface area contributed by atoms with Gasteiger partial charge in [0.25, 0.3) is 5.91 Å². The van der Waals surface area contributed by atoms with Crippen LogP contribution in [0.25, 0.3) is 16.9 Å². The number of benzene rings is 3. The molecule has 0 spiro atoms. The average Bonchev–Trinajstić information content (AvgIpc) is 3.27. The number of nitrogens with two attached hydrogens (primary N) is 1. The van der Waals surface area contributed by atoms with Crippen molar-refractivity contribution in [2.75, 3.05) is 5.75 Å². The zero-order chi connectivity index (χ0) is 22.3. The van der Waals surface area contributed by atoms with Gasteiger partial charge in [0.1, 0.15) is 0 Å². The van der Waals surface area contributed by atoms with Crippen LogP contribution in [0.1, 0.15) is 15.9 Å². The molecule has 1 heterocycles. The van der Waals surface area contributed by atoms with Crippen molar-refractivity contribution in [2.24, 2.45) is 5.73 Å². The molecule has 2 amide bonds. The minimum absolute atomic E-state index is 0.117. The molecular weight excluding hydrogens is 420 g/mol. The second-order valence-electron chi connectivity index (χ2n) is 7.08. The number of thioether (sulfide) groups is 1. The van der Waals surface area contributed by atoms with E-state index in [0.29, 0.717) is 17.0 Å². The molecule has 0 fully saturated rings. The third kappa shape index (κ3) is 5.07. The number of para-hydroxylation sites is 1. The summed E-state index contributed by atoms with van der Waals surface area (Å²) in [6.45, 7) is 0.310. The molecule has 160 valence electrons. The fourth-order valence-corrected chi connectivity index (χ4v) is 4.08. The van der Waals surface area contributed by atoms with Gasteiger partial charge in [-0.25, -0.2) is 4.68 Å². The maximum Gasteiger partial charge on any atom is 0.252 e. The first kappa shape index (κ1) is 21.4. The molecular formula is C25H22N4O2S. The monoisotopic (exact) mass is 442 g/mol. The summed E-state index contributed by atoms with van der Waals surface area (Å²) in [6.07, 6.45) is 1.94. The van der Waals surface area contributed by atoms with Gasteiger partial charge in [-0.2, -0.15) is 5.10 Å². The Kier molecular flexibility index (Phi) is 6.67. The van der Waals surface area contributed by atoms with Gasteiger partial charge in [-0.1, -0.05) is 60.7 Å². The van der Waals surface area contributed by atoms with Crippen LogP contribution in [0, 0.1) is 0 Å². The van der Waals surface area contributed by atoms with Crippen LogP contribution >= 0.6 is 11.8 Å². The molecule has 4 rings (SSSR count). The van der Waals surface area contributed by atoms with Crippen LogP contribution in [0.15, 0.2) is 96.0 Å². The number of nitrogens with one attached hydrogen (secondary N) is 1. The maximum absolute atomic E-state index is 12.9. The highest BCUT2D eigenvalue weighted by Gasteiger charge is 2.16. The van der Waals surface area contributed by atoms with Crippen LogP contribution in [-0.4, -0.2) is 27.3 Å². The van der Waals surface area contributed by atoms with E-state index in [1.54, 1.807) is 12.1 Å². The summed E-state index contributed by atoms with van der Waals surface area (Å²) in [7, 11) is 0. The fourth-order valence-electron chi connectivity index (χ4n) is 3.29. The summed E-state index contributed by atoms with van der Waals surface area (Å²) in [5.41, 5.74) is 9.39. The van der Waals surface area contributed by atoms with Crippen molar-refractivity contribution in [1.29, 1.82) is 0 Å². The SMILES string of the molecule is NC(=O)CSc1ccccc1C(=O)NCc1cn(-c2ccccc2)nc1-c1ccccc1. The Morgan fingerprint density at radius 1 is 0.906 bits per heavy atom. The molecule has 0 aliphatic heterocycles. The summed E-state index contributed by atoms with van der Waals surface area (Å²) >= 11 is 1.25. The predicted octanol–water partition coefficient (Wildman–Crippen LogP) is 4.05. The largest absolute Gasteiger partial charge is 0.369 e. The predicted molar refractivity (Wildman–Crippen MR) is 127 cm³/mol. The Hall–Kier alpha value is -3.84. The van der Waals surface area contributed by atoms with Crippen molar-refractivity contribution in [3.05, 3.63) is 102 Å². The van der Waals surface area contributed by atoms with E-state index < -0.39 is 5.91 Å². The molecule has 0 aliphatic carbocycles. The van der Waals surface area contributed by atoms with Crippen LogP contribution < -0.4 is 11.1 Å². The molecule has 7 heteroatoms. The van der Waals surface area contributed by atoms with Gasteiger partial charge in [0.05, 0.1) is 22.7 Å². The van der Waals surface area contributed by atoms with Gasteiger partial charge in [0.15, 0.2) is 0 Å². The number of hydrogen-bond donors (Lipinski definition) is 2. The quantitative estimate of drug-likeness (QED) is 0.403. The molecule has 6 nitrogen and oxygen atoms in total. The second kappa shape index (κ2) is 9.98. The van der Waals surface area contributed by atoms with E-state index in [0.717, 1.165) is 22.5 Å². The van der Waals surface area contributed by atoms with Gasteiger partial charge >= 0.3 is 0 Å². The molecule has 0 radical (unpaired) electrons. The third-order valence-electron chi connectivity index (χ3n) is 4.80. The average molecular weight is 443 g/mol. The molecule has 0 saturated heterocycles. The number of hydrogen-bond acceptors (Lipinski definition) is 4. The Morgan fingerprint density at radius 2 is 1.56 bits per heavy atom. The first-order valence-corrected chi connectivity index (χ1v) is 11.1. The summed E-state index contributed by atoms with van der Waals surface area (Å²) in [4.78, 5) is 24.8. The van der Waals surface area contributed by atoms with Gasteiger partial charge in [-0.05, 0) is 24.3 Å². The van der Waals surface area contributed by atoms with Gasteiger partial charge in [-0.3, -0.25) is 9.59 Å². The molecule has 0 aliphatic rings. The van der Waals surface area contributed by atoms with Crippen molar-refractivity contribution < 1.29 is 9.59 Å². The van der Waals surface area contributed by atoms with Crippen molar-refractivity contribution >= 4 is 23.6 Å². The molecule has 32 heavy (non-hydrogen) atoms. The number of nitrogens with zero attached hydrogens (tertiary/aromatic N) is 2. The molecule has 3 aromatic carbocycles. The number of primary amides is 1. The van der Waals surface area contributed by atoms with E-state index in [-0.39, 0.29) is 11.7 Å². The number of carbonyl (C=O) groups excluding carboxylic acids is 2. The third-order valence-corrected chi connectivity index (χ3v) is 5.89. The lowest BCUT2D eigenvalue weighted by Gasteiger charge is -2.09. The molecule has 0 unspecified atom stereocenters.